The van der Waals surface area contributed by atoms with Gasteiger partial charge in [-0.15, -0.1) is 0 Å². The summed E-state index contributed by atoms with van der Waals surface area (Å²) >= 11 is 0. The van der Waals surface area contributed by atoms with Gasteiger partial charge in [0.05, 0.1) is 22.9 Å². The van der Waals surface area contributed by atoms with E-state index in [0.717, 1.165) is 19.0 Å². The molecule has 0 aliphatic heterocycles. The van der Waals surface area contributed by atoms with E-state index in [0.29, 0.717) is 59.0 Å². The number of ether oxygens (including phenoxy) is 3. The average Bonchev–Trinajstić information content (AvgIpc) is 4.03. The number of halogens is 1. The van der Waals surface area contributed by atoms with Crippen LogP contribution in [0.1, 0.15) is 103 Å². The summed E-state index contributed by atoms with van der Waals surface area (Å²) in [5.41, 5.74) is 0.0728. The van der Waals surface area contributed by atoms with Gasteiger partial charge in [0, 0.05) is 35.1 Å². The Hall–Kier alpha value is -5.81. The molecule has 4 aromatic rings. The molecule has 334 valence electrons. The largest absolute Gasteiger partial charge is 0.493 e. The maximum Gasteiger partial charge on any atom is 0.425 e. The van der Waals surface area contributed by atoms with Crippen molar-refractivity contribution in [3.05, 3.63) is 83.3 Å². The molecule has 0 saturated heterocycles. The SMILES string of the molecule is CCCCOc1ccc(C(Nc2ccc3c(N(C(=O)OC(C)(C)C)C(=O)OC(C)(C)C)ncc(F)c3c2)C(=O)O)cc1CCC(=O)Nc1ccc(S(=O)(=O)C2CC2)c(CNC)c1. The Bertz CT molecular complexity index is 2400. The number of aromatic nitrogens is 1. The standard InChI is InChI=1S/C45H56FN5O10S/c1-9-10-21-59-36-18-11-28(22-27(36)12-20-38(52)49-30-14-19-37(29(23-30)25-47-8)62(57,58)32-15-16-32)39(41(53)54)50-31-13-17-33-34(24-31)35(46)26-48-40(33)51(42(55)60-44(2,3)4)43(56)61-45(5,6)7/h11,13-14,17-19,22-24,26,32,39,47,50H,9-10,12,15-16,20-21,25H2,1-8H3,(H,49,52)(H,53,54). The van der Waals surface area contributed by atoms with E-state index in [1.807, 2.05) is 6.92 Å². The van der Waals surface area contributed by atoms with Gasteiger partial charge in [-0.2, -0.15) is 4.90 Å². The van der Waals surface area contributed by atoms with E-state index >= 15 is 4.39 Å². The smallest absolute Gasteiger partial charge is 0.425 e. The van der Waals surface area contributed by atoms with E-state index in [9.17, 15) is 32.7 Å². The minimum Gasteiger partial charge on any atom is -0.493 e. The van der Waals surface area contributed by atoms with Gasteiger partial charge in [0.25, 0.3) is 0 Å². The molecule has 0 spiro atoms. The summed E-state index contributed by atoms with van der Waals surface area (Å²) in [6.45, 7) is 12.4. The number of aryl methyl sites for hydroxylation is 1. The molecule has 5 rings (SSSR count). The molecule has 4 N–H and O–H groups in total. The lowest BCUT2D eigenvalue weighted by Crippen LogP contribution is -2.44. The third-order valence-electron chi connectivity index (χ3n) is 9.52. The Morgan fingerprint density at radius 2 is 1.56 bits per heavy atom. The molecule has 1 fully saturated rings. The van der Waals surface area contributed by atoms with Crippen molar-refractivity contribution in [1.82, 2.24) is 10.3 Å². The molecule has 1 aliphatic carbocycles. The topological polar surface area (TPSA) is 203 Å². The maximum atomic E-state index is 15.5. The highest BCUT2D eigenvalue weighted by Gasteiger charge is 2.38. The molecule has 1 atom stereocenters. The van der Waals surface area contributed by atoms with Gasteiger partial charge in [-0.3, -0.25) is 4.79 Å². The maximum absolute atomic E-state index is 15.5. The average molecular weight is 878 g/mol. The molecule has 0 radical (unpaired) electrons. The van der Waals surface area contributed by atoms with Gasteiger partial charge in [-0.05, 0) is 139 Å². The third-order valence-corrected chi connectivity index (χ3v) is 11.9. The predicted octanol–water partition coefficient (Wildman–Crippen LogP) is 8.69. The van der Waals surface area contributed by atoms with Crippen LogP contribution in [-0.2, 0) is 41.9 Å². The number of unbranched alkanes of at least 4 members (excludes halogenated alkanes) is 1. The van der Waals surface area contributed by atoms with Crippen molar-refractivity contribution >= 4 is 61.9 Å². The quantitative estimate of drug-likeness (QED) is 0.0735. The van der Waals surface area contributed by atoms with Gasteiger partial charge in [-0.1, -0.05) is 19.4 Å². The van der Waals surface area contributed by atoms with Crippen molar-refractivity contribution in [3.8, 4) is 5.75 Å². The van der Waals surface area contributed by atoms with E-state index in [4.69, 9.17) is 14.2 Å². The summed E-state index contributed by atoms with van der Waals surface area (Å²) in [6.07, 6.45) is 1.73. The predicted molar refractivity (Wildman–Crippen MR) is 234 cm³/mol. The normalized spacial score (nSPS) is 13.6. The van der Waals surface area contributed by atoms with Crippen LogP contribution in [0.4, 0.5) is 31.2 Å². The molecule has 1 heterocycles. The zero-order valence-electron chi connectivity index (χ0n) is 36.4. The lowest BCUT2D eigenvalue weighted by Gasteiger charge is -2.28. The van der Waals surface area contributed by atoms with E-state index in [2.05, 4.69) is 20.9 Å². The van der Waals surface area contributed by atoms with Crippen LogP contribution in [0.3, 0.4) is 0 Å². The molecular formula is C45H56FN5O10S. The van der Waals surface area contributed by atoms with Gasteiger partial charge >= 0.3 is 18.2 Å². The lowest BCUT2D eigenvalue weighted by atomic mass is 9.99. The number of fused-ring (bicyclic) bond motifs is 1. The number of nitrogens with zero attached hydrogens (tertiary/aromatic N) is 2. The zero-order valence-corrected chi connectivity index (χ0v) is 37.2. The first-order chi connectivity index (χ1) is 29.1. The summed E-state index contributed by atoms with van der Waals surface area (Å²) < 4.78 is 58.6. The zero-order chi connectivity index (χ0) is 45.6. The second-order valence-electron chi connectivity index (χ2n) is 17.1. The first-order valence-corrected chi connectivity index (χ1v) is 22.1. The molecular weight excluding hydrogens is 822 g/mol. The van der Waals surface area contributed by atoms with Crippen molar-refractivity contribution in [2.45, 2.75) is 121 Å². The van der Waals surface area contributed by atoms with E-state index < -0.39 is 51.1 Å². The number of sulfone groups is 1. The van der Waals surface area contributed by atoms with Crippen LogP contribution in [0.5, 0.6) is 5.75 Å². The second-order valence-corrected chi connectivity index (χ2v) is 19.3. The minimum absolute atomic E-state index is 0.00777. The van der Waals surface area contributed by atoms with Gasteiger partial charge in [0.15, 0.2) is 21.7 Å². The Kier molecular flexibility index (Phi) is 14.9. The Morgan fingerprint density at radius 1 is 0.903 bits per heavy atom. The van der Waals surface area contributed by atoms with Crippen molar-refractivity contribution in [2.75, 3.05) is 29.2 Å². The number of rotatable bonds is 17. The van der Waals surface area contributed by atoms with Crippen LogP contribution in [0.2, 0.25) is 0 Å². The van der Waals surface area contributed by atoms with Crippen LogP contribution >= 0.6 is 0 Å². The number of carboxylic acids is 1. The highest BCUT2D eigenvalue weighted by atomic mass is 32.2. The third kappa shape index (κ3) is 12.2. The van der Waals surface area contributed by atoms with Gasteiger partial charge in [0.2, 0.25) is 5.91 Å². The summed E-state index contributed by atoms with van der Waals surface area (Å²) in [5, 5.41) is 18.9. The summed E-state index contributed by atoms with van der Waals surface area (Å²) in [4.78, 5) is 57.8. The molecule has 62 heavy (non-hydrogen) atoms. The van der Waals surface area contributed by atoms with Crippen LogP contribution in [0.15, 0.2) is 65.7 Å². The molecule has 0 bridgehead atoms. The number of carboxylic acid groups (broad SMARTS) is 1. The monoisotopic (exact) mass is 877 g/mol. The number of amides is 3. The molecule has 3 amide bonds. The number of hydrogen-bond donors (Lipinski definition) is 4. The first-order valence-electron chi connectivity index (χ1n) is 20.5. The number of pyridine rings is 1. The van der Waals surface area contributed by atoms with E-state index in [-0.39, 0.29) is 51.2 Å². The Labute approximate surface area is 361 Å². The van der Waals surface area contributed by atoms with Crippen LogP contribution in [0.25, 0.3) is 10.8 Å². The number of carbonyl (C=O) groups is 4. The number of hydrogen-bond acceptors (Lipinski definition) is 12. The minimum atomic E-state index is -3.46. The molecule has 3 aromatic carbocycles. The number of carbonyl (C=O) groups excluding carboxylic acids is 3. The summed E-state index contributed by atoms with van der Waals surface area (Å²) in [7, 11) is -1.75. The van der Waals surface area contributed by atoms with Crippen LogP contribution < -0.4 is 25.6 Å². The second kappa shape index (κ2) is 19.5. The fraction of sp³-hybridized carbons (Fsp3) is 0.444. The molecule has 17 heteroatoms. The van der Waals surface area contributed by atoms with Crippen LogP contribution in [-0.4, -0.2) is 72.7 Å². The molecule has 1 aromatic heterocycles. The van der Waals surface area contributed by atoms with Crippen molar-refractivity contribution in [2.24, 2.45) is 0 Å². The van der Waals surface area contributed by atoms with Crippen molar-refractivity contribution < 1.29 is 51.3 Å². The number of benzene rings is 3. The number of anilines is 3. The molecule has 1 unspecified atom stereocenters. The van der Waals surface area contributed by atoms with Gasteiger partial charge in [-0.25, -0.2) is 32.2 Å². The first kappa shape index (κ1) is 47.2. The van der Waals surface area contributed by atoms with E-state index in [1.165, 1.54) is 24.3 Å². The van der Waals surface area contributed by atoms with Gasteiger partial charge in [0.1, 0.15) is 22.8 Å². The van der Waals surface area contributed by atoms with Crippen LogP contribution in [0, 0.1) is 5.82 Å². The number of aliphatic carboxylic acids is 1. The Balaban J connectivity index is 1.41. The number of imide groups is 1. The summed E-state index contributed by atoms with van der Waals surface area (Å²) in [5.74, 6) is -2.18. The van der Waals surface area contributed by atoms with E-state index in [1.54, 1.807) is 78.9 Å². The van der Waals surface area contributed by atoms with Gasteiger partial charge < -0.3 is 35.3 Å². The molecule has 1 saturated carbocycles. The molecule has 15 nitrogen and oxygen atoms in total. The number of nitrogens with one attached hydrogen (secondary N) is 3. The summed E-state index contributed by atoms with van der Waals surface area (Å²) in [6, 6.07) is 12.5. The fourth-order valence-electron chi connectivity index (χ4n) is 6.51. The van der Waals surface area contributed by atoms with Crippen molar-refractivity contribution in [3.63, 3.8) is 0 Å². The Morgan fingerprint density at radius 3 is 2.16 bits per heavy atom. The molecule has 1 aliphatic rings. The fourth-order valence-corrected chi connectivity index (χ4v) is 8.38. The highest BCUT2D eigenvalue weighted by Crippen LogP contribution is 2.37. The lowest BCUT2D eigenvalue weighted by molar-refractivity contribution is -0.138. The van der Waals surface area contributed by atoms with Crippen molar-refractivity contribution in [1.29, 1.82) is 0 Å². The highest BCUT2D eigenvalue weighted by molar-refractivity contribution is 7.92.